The molecule has 0 aromatic heterocycles. The highest BCUT2D eigenvalue weighted by Gasteiger charge is 2.21. The van der Waals surface area contributed by atoms with E-state index in [1.165, 1.54) is 58.6 Å². The van der Waals surface area contributed by atoms with Gasteiger partial charge in [-0.1, -0.05) is 0 Å². The second-order valence-electron chi connectivity index (χ2n) is 5.92. The first-order valence-corrected chi connectivity index (χ1v) is 10.1. The molecule has 0 spiro atoms. The van der Waals surface area contributed by atoms with Gasteiger partial charge in [-0.15, -0.1) is 0 Å². The van der Waals surface area contributed by atoms with Gasteiger partial charge < -0.3 is 23.7 Å². The fraction of sp³-hybridized carbons (Fsp3) is 0.263. The maximum absolute atomic E-state index is 13.1. The molecule has 2 aromatic rings. The van der Waals surface area contributed by atoms with Crippen molar-refractivity contribution in [2.24, 2.45) is 0 Å². The molecule has 10 heteroatoms. The van der Waals surface area contributed by atoms with Crippen LogP contribution in [0, 0.1) is 0 Å². The summed E-state index contributed by atoms with van der Waals surface area (Å²) in [5.41, 5.74) is 0.443. The Bertz CT molecular complexity index is 1050. The highest BCUT2D eigenvalue weighted by molar-refractivity contribution is 7.86. The largest absolute Gasteiger partial charge is 0.493 e. The molecule has 0 aliphatic heterocycles. The Kier molecular flexibility index (Phi) is 6.70. The quantitative estimate of drug-likeness (QED) is 0.507. The highest BCUT2D eigenvalue weighted by atomic mass is 32.2. The number of amides is 1. The summed E-state index contributed by atoms with van der Waals surface area (Å²) in [5.74, 6) is -0.281. The molecule has 2 rings (SSSR count). The van der Waals surface area contributed by atoms with Crippen LogP contribution in [0.15, 0.2) is 30.3 Å². The van der Waals surface area contributed by atoms with Crippen molar-refractivity contribution in [1.29, 1.82) is 0 Å². The highest BCUT2D eigenvalue weighted by Crippen LogP contribution is 2.36. The zero-order valence-corrected chi connectivity index (χ0v) is 17.4. The number of ketones is 1. The van der Waals surface area contributed by atoms with Crippen molar-refractivity contribution in [3.05, 3.63) is 41.5 Å². The van der Waals surface area contributed by atoms with Crippen LogP contribution in [0.2, 0.25) is 0 Å². The number of methoxy groups -OCH3 is 3. The minimum Gasteiger partial charge on any atom is -0.493 e. The predicted molar refractivity (Wildman–Crippen MR) is 106 cm³/mol. The van der Waals surface area contributed by atoms with Crippen LogP contribution in [0.3, 0.4) is 0 Å². The van der Waals surface area contributed by atoms with Crippen LogP contribution in [-0.2, 0) is 14.9 Å². The number of rotatable bonds is 8. The molecule has 0 bridgehead atoms. The molecule has 0 atom stereocenters. The number of carbonyl (C=O) groups excluding carboxylic acids is 2. The molecule has 0 radical (unpaired) electrons. The number of benzene rings is 2. The van der Waals surface area contributed by atoms with Crippen LogP contribution in [0.1, 0.15) is 22.8 Å². The topological polar surface area (TPSA) is 117 Å². The van der Waals surface area contributed by atoms with Gasteiger partial charge >= 0.3 is 10.1 Å². The van der Waals surface area contributed by atoms with Crippen molar-refractivity contribution < 1.29 is 36.4 Å². The molecule has 0 saturated heterocycles. The molecule has 0 fully saturated rings. The Morgan fingerprint density at radius 2 is 1.45 bits per heavy atom. The van der Waals surface area contributed by atoms with E-state index in [2.05, 4.69) is 5.32 Å². The van der Waals surface area contributed by atoms with Crippen molar-refractivity contribution in [2.75, 3.05) is 32.9 Å². The van der Waals surface area contributed by atoms with E-state index in [0.29, 0.717) is 5.75 Å². The van der Waals surface area contributed by atoms with E-state index in [4.69, 9.17) is 18.4 Å². The molecule has 0 aliphatic carbocycles. The van der Waals surface area contributed by atoms with Gasteiger partial charge in [0.15, 0.2) is 28.8 Å². The van der Waals surface area contributed by atoms with Crippen molar-refractivity contribution in [3.8, 4) is 23.0 Å². The number of anilines is 1. The first-order chi connectivity index (χ1) is 13.6. The molecule has 9 nitrogen and oxygen atoms in total. The van der Waals surface area contributed by atoms with E-state index >= 15 is 0 Å². The number of hydrogen-bond donors (Lipinski definition) is 1. The molecule has 0 saturated carbocycles. The standard InChI is InChI=1S/C19H21NO8S/c1-11(21)20-14-10-17(27-4)16(26-3)9-13(14)19(22)12-6-7-15(25-2)18(8-12)28-29(5,23)24/h6-10H,1-5H3,(H,20,21). The van der Waals surface area contributed by atoms with Gasteiger partial charge in [0.2, 0.25) is 5.91 Å². The van der Waals surface area contributed by atoms with Crippen LogP contribution < -0.4 is 23.7 Å². The summed E-state index contributed by atoms with van der Waals surface area (Å²) in [7, 11) is 0.335. The zero-order chi connectivity index (χ0) is 21.8. The van der Waals surface area contributed by atoms with E-state index in [1.807, 2.05) is 0 Å². The third kappa shape index (κ3) is 5.38. The van der Waals surface area contributed by atoms with Gasteiger partial charge in [-0.2, -0.15) is 8.42 Å². The number of nitrogens with one attached hydrogen (secondary N) is 1. The Morgan fingerprint density at radius 3 is 1.97 bits per heavy atom. The van der Waals surface area contributed by atoms with Gasteiger partial charge in [0, 0.05) is 18.6 Å². The van der Waals surface area contributed by atoms with E-state index in [-0.39, 0.29) is 40.0 Å². The zero-order valence-electron chi connectivity index (χ0n) is 16.6. The van der Waals surface area contributed by atoms with Crippen molar-refractivity contribution >= 4 is 27.5 Å². The Balaban J connectivity index is 2.61. The minimum atomic E-state index is -3.85. The third-order valence-electron chi connectivity index (χ3n) is 3.75. The van der Waals surface area contributed by atoms with E-state index in [0.717, 1.165) is 6.26 Å². The van der Waals surface area contributed by atoms with Crippen LogP contribution >= 0.6 is 0 Å². The number of carbonyl (C=O) groups is 2. The summed E-state index contributed by atoms with van der Waals surface area (Å²) in [6, 6.07) is 6.99. The molecule has 29 heavy (non-hydrogen) atoms. The number of hydrogen-bond acceptors (Lipinski definition) is 8. The summed E-state index contributed by atoms with van der Waals surface area (Å²) in [6.45, 7) is 1.30. The fourth-order valence-corrected chi connectivity index (χ4v) is 3.02. The average molecular weight is 423 g/mol. The normalized spacial score (nSPS) is 10.8. The molecular formula is C19H21NO8S. The summed E-state index contributed by atoms with van der Waals surface area (Å²) in [5, 5.41) is 2.58. The number of ether oxygens (including phenoxy) is 3. The van der Waals surface area contributed by atoms with Gasteiger partial charge in [-0.25, -0.2) is 0 Å². The van der Waals surface area contributed by atoms with Crippen LogP contribution in [0.5, 0.6) is 23.0 Å². The van der Waals surface area contributed by atoms with Crippen LogP contribution in [0.25, 0.3) is 0 Å². The van der Waals surface area contributed by atoms with E-state index < -0.39 is 15.9 Å². The molecule has 2 aromatic carbocycles. The minimum absolute atomic E-state index is 0.114. The van der Waals surface area contributed by atoms with Gasteiger partial charge in [0.1, 0.15) is 0 Å². The molecule has 0 unspecified atom stereocenters. The van der Waals surface area contributed by atoms with Gasteiger partial charge in [-0.05, 0) is 24.3 Å². The molecule has 156 valence electrons. The first kappa shape index (κ1) is 22.0. The molecule has 1 N–H and O–H groups in total. The smallest absolute Gasteiger partial charge is 0.306 e. The Labute approximate surface area is 168 Å². The lowest BCUT2D eigenvalue weighted by atomic mass is 10.00. The maximum Gasteiger partial charge on any atom is 0.306 e. The molecule has 0 aliphatic rings. The van der Waals surface area contributed by atoms with Crippen LogP contribution in [-0.4, -0.2) is 47.7 Å². The maximum atomic E-state index is 13.1. The lowest BCUT2D eigenvalue weighted by Gasteiger charge is -2.15. The molecular weight excluding hydrogens is 402 g/mol. The molecule has 0 heterocycles. The second-order valence-corrected chi connectivity index (χ2v) is 7.49. The average Bonchev–Trinajstić information content (AvgIpc) is 2.65. The van der Waals surface area contributed by atoms with Gasteiger partial charge in [0.05, 0.1) is 38.8 Å². The van der Waals surface area contributed by atoms with E-state index in [9.17, 15) is 18.0 Å². The second kappa shape index (κ2) is 8.82. The Morgan fingerprint density at radius 1 is 0.862 bits per heavy atom. The summed E-state index contributed by atoms with van der Waals surface area (Å²) in [6.07, 6.45) is 0.879. The van der Waals surface area contributed by atoms with Gasteiger partial charge in [0.25, 0.3) is 0 Å². The summed E-state index contributed by atoms with van der Waals surface area (Å²) >= 11 is 0. The van der Waals surface area contributed by atoms with Gasteiger partial charge in [-0.3, -0.25) is 9.59 Å². The van der Waals surface area contributed by atoms with E-state index in [1.54, 1.807) is 0 Å². The third-order valence-corrected chi connectivity index (χ3v) is 4.23. The molecule has 1 amide bonds. The Hall–Kier alpha value is -3.27. The van der Waals surface area contributed by atoms with Crippen molar-refractivity contribution in [3.63, 3.8) is 0 Å². The SMILES string of the molecule is COc1cc(NC(C)=O)c(C(=O)c2ccc(OC)c(OS(C)(=O)=O)c2)cc1OC. The lowest BCUT2D eigenvalue weighted by Crippen LogP contribution is -2.13. The predicted octanol–water partition coefficient (Wildman–Crippen LogP) is 2.24. The van der Waals surface area contributed by atoms with Crippen molar-refractivity contribution in [1.82, 2.24) is 0 Å². The summed E-state index contributed by atoms with van der Waals surface area (Å²) < 4.78 is 43.5. The monoisotopic (exact) mass is 423 g/mol. The van der Waals surface area contributed by atoms with Crippen molar-refractivity contribution in [2.45, 2.75) is 6.92 Å². The fourth-order valence-electron chi connectivity index (χ4n) is 2.56. The first-order valence-electron chi connectivity index (χ1n) is 8.25. The summed E-state index contributed by atoms with van der Waals surface area (Å²) in [4.78, 5) is 24.7. The lowest BCUT2D eigenvalue weighted by molar-refractivity contribution is -0.114. The van der Waals surface area contributed by atoms with Crippen LogP contribution in [0.4, 0.5) is 5.69 Å².